The van der Waals surface area contributed by atoms with Gasteiger partial charge in [0.15, 0.2) is 5.70 Å². The third-order valence-corrected chi connectivity index (χ3v) is 4.49. The maximum Gasteiger partial charge on any atom is 0.363 e. The summed E-state index contributed by atoms with van der Waals surface area (Å²) in [6, 6.07) is 13.0. The van der Waals surface area contributed by atoms with Crippen molar-refractivity contribution in [3.05, 3.63) is 80.9 Å². The van der Waals surface area contributed by atoms with E-state index in [2.05, 4.69) is 43.4 Å². The van der Waals surface area contributed by atoms with Crippen molar-refractivity contribution in [3.8, 4) is 5.75 Å². The average molecular weight is 463 g/mol. The molecule has 0 fully saturated rings. The molecule has 0 saturated heterocycles. The van der Waals surface area contributed by atoms with Crippen molar-refractivity contribution in [2.24, 2.45) is 4.99 Å². The first-order chi connectivity index (χ1) is 12.1. The molecular weight excluding hydrogens is 450 g/mol. The largest absolute Gasteiger partial charge is 0.487 e. The number of cyclic esters (lactones) is 1. The molecule has 0 unspecified atom stereocenters. The Morgan fingerprint density at radius 2 is 1.84 bits per heavy atom. The van der Waals surface area contributed by atoms with Gasteiger partial charge < -0.3 is 9.47 Å². The first-order valence-electron chi connectivity index (χ1n) is 7.39. The highest BCUT2D eigenvalue weighted by molar-refractivity contribution is 9.11. The van der Waals surface area contributed by atoms with Gasteiger partial charge in [0.25, 0.3) is 0 Å². The second-order valence-corrected chi connectivity index (χ2v) is 6.82. The summed E-state index contributed by atoms with van der Waals surface area (Å²) in [6.07, 6.45) is 3.34. The van der Waals surface area contributed by atoms with Gasteiger partial charge in [-0.25, -0.2) is 9.79 Å². The summed E-state index contributed by atoms with van der Waals surface area (Å²) < 4.78 is 12.4. The third kappa shape index (κ3) is 4.08. The molecule has 0 spiro atoms. The van der Waals surface area contributed by atoms with Crippen LogP contribution >= 0.6 is 31.9 Å². The summed E-state index contributed by atoms with van der Waals surface area (Å²) in [5.41, 5.74) is 1.79. The number of aliphatic imine (C=N–C) groups is 1. The van der Waals surface area contributed by atoms with Crippen LogP contribution in [0.5, 0.6) is 5.75 Å². The molecule has 0 radical (unpaired) electrons. The molecule has 6 heteroatoms. The van der Waals surface area contributed by atoms with E-state index in [1.165, 1.54) is 0 Å². The van der Waals surface area contributed by atoms with Gasteiger partial charge in [-0.05, 0) is 67.8 Å². The van der Waals surface area contributed by atoms with Crippen molar-refractivity contribution in [2.75, 3.05) is 6.61 Å². The Kier molecular flexibility index (Phi) is 5.50. The number of hydrogen-bond donors (Lipinski definition) is 0. The number of hydrogen-bond acceptors (Lipinski definition) is 4. The van der Waals surface area contributed by atoms with Crippen LogP contribution in [0.15, 0.2) is 74.8 Å². The van der Waals surface area contributed by atoms with E-state index in [4.69, 9.17) is 9.47 Å². The molecule has 1 aliphatic heterocycles. The van der Waals surface area contributed by atoms with E-state index in [-0.39, 0.29) is 5.70 Å². The molecule has 126 valence electrons. The highest BCUT2D eigenvalue weighted by atomic mass is 79.9. The van der Waals surface area contributed by atoms with E-state index >= 15 is 0 Å². The van der Waals surface area contributed by atoms with Gasteiger partial charge in [0.2, 0.25) is 5.90 Å². The summed E-state index contributed by atoms with van der Waals surface area (Å²) in [7, 11) is 0. The Morgan fingerprint density at radius 3 is 2.48 bits per heavy atom. The van der Waals surface area contributed by atoms with Crippen molar-refractivity contribution < 1.29 is 14.3 Å². The van der Waals surface area contributed by atoms with Gasteiger partial charge in [-0.1, -0.05) is 30.9 Å². The van der Waals surface area contributed by atoms with Crippen LogP contribution in [0.4, 0.5) is 0 Å². The highest BCUT2D eigenvalue weighted by Crippen LogP contribution is 2.35. The maximum atomic E-state index is 12.1. The zero-order valence-corrected chi connectivity index (χ0v) is 16.2. The summed E-state index contributed by atoms with van der Waals surface area (Å²) in [4.78, 5) is 16.4. The van der Waals surface area contributed by atoms with Crippen LogP contribution in [-0.4, -0.2) is 18.5 Å². The van der Waals surface area contributed by atoms with Crippen LogP contribution in [0, 0.1) is 0 Å². The molecule has 0 aromatic heterocycles. The number of esters is 1. The molecule has 0 saturated carbocycles. The molecule has 1 aliphatic rings. The van der Waals surface area contributed by atoms with Gasteiger partial charge in [-0.2, -0.15) is 0 Å². The number of halogens is 2. The molecular formula is C19H13Br2NO3. The number of benzene rings is 2. The fourth-order valence-electron chi connectivity index (χ4n) is 2.21. The van der Waals surface area contributed by atoms with E-state index in [1.807, 2.05) is 42.5 Å². The standard InChI is InChI=1S/C19H13Br2NO3/c1-2-8-24-17-14(20)9-12(10-15(17)21)11-16-19(23)25-18(22-16)13-6-4-3-5-7-13/h2-7,9-11H,1,8H2/b16-11-. The molecule has 2 aromatic carbocycles. The van der Waals surface area contributed by atoms with Gasteiger partial charge in [-0.3, -0.25) is 0 Å². The Hall–Kier alpha value is -2.18. The van der Waals surface area contributed by atoms with Crippen molar-refractivity contribution in [1.82, 2.24) is 0 Å². The summed E-state index contributed by atoms with van der Waals surface area (Å²) in [6.45, 7) is 4.03. The number of rotatable bonds is 5. The maximum absolute atomic E-state index is 12.1. The Labute approximate surface area is 162 Å². The highest BCUT2D eigenvalue weighted by Gasteiger charge is 2.24. The fraction of sp³-hybridized carbons (Fsp3) is 0.0526. The molecule has 1 heterocycles. The van der Waals surface area contributed by atoms with Crippen molar-refractivity contribution in [2.45, 2.75) is 0 Å². The molecule has 3 rings (SSSR count). The first kappa shape index (κ1) is 17.6. The molecule has 0 atom stereocenters. The lowest BCUT2D eigenvalue weighted by molar-refractivity contribution is -0.129. The van der Waals surface area contributed by atoms with Crippen molar-refractivity contribution >= 4 is 49.8 Å². The molecule has 25 heavy (non-hydrogen) atoms. The number of carbonyl (C=O) groups excluding carboxylic acids is 1. The lowest BCUT2D eigenvalue weighted by atomic mass is 10.2. The number of nitrogens with zero attached hydrogens (tertiary/aromatic N) is 1. The number of ether oxygens (including phenoxy) is 2. The third-order valence-electron chi connectivity index (χ3n) is 3.31. The summed E-state index contributed by atoms with van der Waals surface area (Å²) in [5.74, 6) is 0.503. The molecule has 0 aliphatic carbocycles. The lowest BCUT2D eigenvalue weighted by Gasteiger charge is -2.09. The topological polar surface area (TPSA) is 47.9 Å². The van der Waals surface area contributed by atoms with Crippen LogP contribution in [0.1, 0.15) is 11.1 Å². The SMILES string of the molecule is C=CCOc1c(Br)cc(/C=C2\N=C(c3ccccc3)OC2=O)cc1Br. The van der Waals surface area contributed by atoms with Crippen LogP contribution in [0.3, 0.4) is 0 Å². The molecule has 4 nitrogen and oxygen atoms in total. The second kappa shape index (κ2) is 7.80. The van der Waals surface area contributed by atoms with Crippen molar-refractivity contribution in [1.29, 1.82) is 0 Å². The predicted molar refractivity (Wildman–Crippen MR) is 105 cm³/mol. The smallest absolute Gasteiger partial charge is 0.363 e. The first-order valence-corrected chi connectivity index (χ1v) is 8.98. The average Bonchev–Trinajstić information content (AvgIpc) is 2.96. The zero-order valence-electron chi connectivity index (χ0n) is 13.0. The van der Waals surface area contributed by atoms with Crippen LogP contribution in [0.2, 0.25) is 0 Å². The van der Waals surface area contributed by atoms with Gasteiger partial charge in [0, 0.05) is 5.56 Å². The normalized spacial score (nSPS) is 15.0. The lowest BCUT2D eigenvalue weighted by Crippen LogP contribution is -2.04. The number of carbonyl (C=O) groups is 1. The fourth-order valence-corrected chi connectivity index (χ4v) is 3.66. The van der Waals surface area contributed by atoms with Gasteiger partial charge in [0.05, 0.1) is 8.95 Å². The quantitative estimate of drug-likeness (QED) is 0.352. The monoisotopic (exact) mass is 461 g/mol. The van der Waals surface area contributed by atoms with Crippen LogP contribution < -0.4 is 4.74 Å². The minimum Gasteiger partial charge on any atom is -0.487 e. The Morgan fingerprint density at radius 1 is 1.16 bits per heavy atom. The summed E-state index contributed by atoms with van der Waals surface area (Å²) in [5, 5.41) is 0. The Bertz CT molecular complexity index is 866. The van der Waals surface area contributed by atoms with E-state index in [1.54, 1.807) is 12.2 Å². The predicted octanol–water partition coefficient (Wildman–Crippen LogP) is 5.12. The van der Waals surface area contributed by atoms with E-state index < -0.39 is 5.97 Å². The molecule has 2 aromatic rings. The molecule has 0 N–H and O–H groups in total. The minimum atomic E-state index is -0.474. The Balaban J connectivity index is 1.91. The van der Waals surface area contributed by atoms with E-state index in [9.17, 15) is 4.79 Å². The molecule has 0 bridgehead atoms. The molecule has 0 amide bonds. The summed E-state index contributed by atoms with van der Waals surface area (Å²) >= 11 is 6.94. The van der Waals surface area contributed by atoms with Gasteiger partial charge in [-0.15, -0.1) is 0 Å². The van der Waals surface area contributed by atoms with Crippen LogP contribution in [-0.2, 0) is 9.53 Å². The van der Waals surface area contributed by atoms with E-state index in [0.717, 1.165) is 20.1 Å². The van der Waals surface area contributed by atoms with Crippen LogP contribution in [0.25, 0.3) is 6.08 Å². The second-order valence-electron chi connectivity index (χ2n) is 5.12. The van der Waals surface area contributed by atoms with E-state index in [0.29, 0.717) is 18.3 Å². The minimum absolute atomic E-state index is 0.248. The zero-order chi connectivity index (χ0) is 17.8. The van der Waals surface area contributed by atoms with Gasteiger partial charge in [0.1, 0.15) is 12.4 Å². The van der Waals surface area contributed by atoms with Gasteiger partial charge >= 0.3 is 5.97 Å². The van der Waals surface area contributed by atoms with Crippen molar-refractivity contribution in [3.63, 3.8) is 0 Å².